The van der Waals surface area contributed by atoms with Crippen LogP contribution in [0.4, 0.5) is 0 Å². The van der Waals surface area contributed by atoms with E-state index in [2.05, 4.69) is 19.2 Å². The molecular weight excluding hydrogens is 236 g/mol. The van der Waals surface area contributed by atoms with Gasteiger partial charge in [0.25, 0.3) is 0 Å². The van der Waals surface area contributed by atoms with Crippen LogP contribution in [0.1, 0.15) is 71.6 Å². The quantitative estimate of drug-likeness (QED) is 0.822. The second-order valence-electron chi connectivity index (χ2n) is 7.11. The SMILES string of the molecule is CC(C)CC1(C(=O)NC2CCCCC2N)CCCC1. The average Bonchev–Trinajstić information content (AvgIpc) is 2.81. The van der Waals surface area contributed by atoms with Gasteiger partial charge in [-0.05, 0) is 38.0 Å². The molecule has 0 aromatic heterocycles. The zero-order valence-corrected chi connectivity index (χ0v) is 12.6. The summed E-state index contributed by atoms with van der Waals surface area (Å²) in [4.78, 5) is 12.7. The molecule has 2 rings (SSSR count). The molecule has 2 aliphatic carbocycles. The van der Waals surface area contributed by atoms with Crippen LogP contribution in [0.2, 0.25) is 0 Å². The summed E-state index contributed by atoms with van der Waals surface area (Å²) < 4.78 is 0. The van der Waals surface area contributed by atoms with E-state index in [1.165, 1.54) is 25.7 Å². The molecule has 0 saturated heterocycles. The van der Waals surface area contributed by atoms with Gasteiger partial charge in [0.15, 0.2) is 0 Å². The highest BCUT2D eigenvalue weighted by molar-refractivity contribution is 5.83. The fourth-order valence-corrected chi connectivity index (χ4v) is 4.02. The topological polar surface area (TPSA) is 55.1 Å². The number of carbonyl (C=O) groups excluding carboxylic acids is 1. The molecule has 0 heterocycles. The van der Waals surface area contributed by atoms with E-state index in [0.29, 0.717) is 11.8 Å². The van der Waals surface area contributed by atoms with Crippen molar-refractivity contribution in [3.63, 3.8) is 0 Å². The summed E-state index contributed by atoms with van der Waals surface area (Å²) in [5, 5.41) is 3.29. The number of amides is 1. The Labute approximate surface area is 117 Å². The van der Waals surface area contributed by atoms with E-state index in [0.717, 1.165) is 32.1 Å². The summed E-state index contributed by atoms with van der Waals surface area (Å²) in [5.74, 6) is 0.880. The normalized spacial score (nSPS) is 30.5. The van der Waals surface area contributed by atoms with Gasteiger partial charge < -0.3 is 11.1 Å². The molecule has 2 unspecified atom stereocenters. The molecule has 0 spiro atoms. The molecule has 2 aliphatic rings. The molecule has 0 aliphatic heterocycles. The Hall–Kier alpha value is -0.570. The molecular formula is C16H30N2O. The Bertz CT molecular complexity index is 308. The number of nitrogens with two attached hydrogens (primary N) is 1. The van der Waals surface area contributed by atoms with Gasteiger partial charge in [0.2, 0.25) is 5.91 Å². The molecule has 110 valence electrons. The number of hydrogen-bond donors (Lipinski definition) is 2. The molecule has 3 nitrogen and oxygen atoms in total. The summed E-state index contributed by atoms with van der Waals surface area (Å²) in [7, 11) is 0. The van der Waals surface area contributed by atoms with Gasteiger partial charge >= 0.3 is 0 Å². The summed E-state index contributed by atoms with van der Waals surface area (Å²) in [5.41, 5.74) is 6.06. The van der Waals surface area contributed by atoms with Crippen LogP contribution >= 0.6 is 0 Å². The lowest BCUT2D eigenvalue weighted by Gasteiger charge is -2.35. The molecule has 2 saturated carbocycles. The molecule has 0 aromatic rings. The van der Waals surface area contributed by atoms with Crippen molar-refractivity contribution in [3.05, 3.63) is 0 Å². The van der Waals surface area contributed by atoms with Crippen LogP contribution in [0.25, 0.3) is 0 Å². The summed E-state index contributed by atoms with van der Waals surface area (Å²) in [6, 6.07) is 0.376. The fraction of sp³-hybridized carbons (Fsp3) is 0.938. The van der Waals surface area contributed by atoms with Crippen LogP contribution in [0, 0.1) is 11.3 Å². The van der Waals surface area contributed by atoms with Crippen molar-refractivity contribution in [2.75, 3.05) is 0 Å². The van der Waals surface area contributed by atoms with E-state index in [4.69, 9.17) is 5.73 Å². The molecule has 3 N–H and O–H groups in total. The highest BCUT2D eigenvalue weighted by atomic mass is 16.2. The predicted octanol–water partition coefficient (Wildman–Crippen LogP) is 2.98. The van der Waals surface area contributed by atoms with Crippen LogP contribution in [-0.2, 0) is 4.79 Å². The monoisotopic (exact) mass is 266 g/mol. The van der Waals surface area contributed by atoms with Gasteiger partial charge in [-0.2, -0.15) is 0 Å². The number of hydrogen-bond acceptors (Lipinski definition) is 2. The van der Waals surface area contributed by atoms with Gasteiger partial charge in [-0.1, -0.05) is 39.5 Å². The lowest BCUT2D eigenvalue weighted by atomic mass is 9.77. The Morgan fingerprint density at radius 1 is 1.21 bits per heavy atom. The minimum absolute atomic E-state index is 0.0919. The van der Waals surface area contributed by atoms with Crippen molar-refractivity contribution in [3.8, 4) is 0 Å². The molecule has 0 aromatic carbocycles. The third kappa shape index (κ3) is 3.50. The van der Waals surface area contributed by atoms with Crippen molar-refractivity contribution >= 4 is 5.91 Å². The molecule has 2 atom stereocenters. The Kier molecular flexibility index (Phi) is 4.88. The van der Waals surface area contributed by atoms with Crippen LogP contribution < -0.4 is 11.1 Å². The van der Waals surface area contributed by atoms with Gasteiger partial charge in [-0.3, -0.25) is 4.79 Å². The second-order valence-corrected chi connectivity index (χ2v) is 7.11. The first-order valence-corrected chi connectivity index (χ1v) is 8.10. The largest absolute Gasteiger partial charge is 0.351 e. The lowest BCUT2D eigenvalue weighted by molar-refractivity contribution is -0.132. The zero-order chi connectivity index (χ0) is 13.9. The smallest absolute Gasteiger partial charge is 0.226 e. The van der Waals surface area contributed by atoms with E-state index in [1.807, 2.05) is 0 Å². The van der Waals surface area contributed by atoms with Crippen molar-refractivity contribution in [2.45, 2.75) is 83.7 Å². The third-order valence-electron chi connectivity index (χ3n) is 4.98. The first-order valence-electron chi connectivity index (χ1n) is 8.10. The number of rotatable bonds is 4. The zero-order valence-electron chi connectivity index (χ0n) is 12.6. The van der Waals surface area contributed by atoms with Gasteiger partial charge in [-0.25, -0.2) is 0 Å². The molecule has 19 heavy (non-hydrogen) atoms. The molecule has 3 heteroatoms. The fourth-order valence-electron chi connectivity index (χ4n) is 4.02. The van der Waals surface area contributed by atoms with Gasteiger partial charge in [-0.15, -0.1) is 0 Å². The number of carbonyl (C=O) groups is 1. The van der Waals surface area contributed by atoms with Crippen molar-refractivity contribution in [1.29, 1.82) is 0 Å². The van der Waals surface area contributed by atoms with E-state index in [1.54, 1.807) is 0 Å². The van der Waals surface area contributed by atoms with E-state index in [9.17, 15) is 4.79 Å². The predicted molar refractivity (Wildman–Crippen MR) is 78.7 cm³/mol. The van der Waals surface area contributed by atoms with E-state index in [-0.39, 0.29) is 17.5 Å². The first-order chi connectivity index (χ1) is 9.03. The summed E-state index contributed by atoms with van der Waals surface area (Å²) >= 11 is 0. The van der Waals surface area contributed by atoms with E-state index >= 15 is 0 Å². The molecule has 2 fully saturated rings. The Balaban J connectivity index is 1.99. The minimum atomic E-state index is -0.0919. The first kappa shape index (κ1) is 14.8. The van der Waals surface area contributed by atoms with Crippen LogP contribution in [-0.4, -0.2) is 18.0 Å². The summed E-state index contributed by atoms with van der Waals surface area (Å²) in [6.45, 7) is 4.44. The summed E-state index contributed by atoms with van der Waals surface area (Å²) in [6.07, 6.45) is 10.1. The lowest BCUT2D eigenvalue weighted by Crippen LogP contribution is -2.53. The van der Waals surface area contributed by atoms with Crippen molar-refractivity contribution < 1.29 is 4.79 Å². The highest BCUT2D eigenvalue weighted by Crippen LogP contribution is 2.43. The maximum absolute atomic E-state index is 12.7. The van der Waals surface area contributed by atoms with Crippen molar-refractivity contribution in [2.24, 2.45) is 17.1 Å². The second kappa shape index (κ2) is 6.25. The van der Waals surface area contributed by atoms with Crippen LogP contribution in [0.5, 0.6) is 0 Å². The van der Waals surface area contributed by atoms with Crippen molar-refractivity contribution in [1.82, 2.24) is 5.32 Å². The highest BCUT2D eigenvalue weighted by Gasteiger charge is 2.42. The van der Waals surface area contributed by atoms with Crippen LogP contribution in [0.15, 0.2) is 0 Å². The molecule has 1 amide bonds. The van der Waals surface area contributed by atoms with Gasteiger partial charge in [0.05, 0.1) is 0 Å². The standard InChI is InChI=1S/C16H30N2O/c1-12(2)11-16(9-5-6-10-16)15(19)18-14-8-4-3-7-13(14)17/h12-14H,3-11,17H2,1-2H3,(H,18,19). The third-order valence-corrected chi connectivity index (χ3v) is 4.98. The molecule has 0 radical (unpaired) electrons. The Morgan fingerprint density at radius 3 is 2.42 bits per heavy atom. The van der Waals surface area contributed by atoms with Gasteiger partial charge in [0.1, 0.15) is 0 Å². The Morgan fingerprint density at radius 2 is 1.84 bits per heavy atom. The molecule has 0 bridgehead atoms. The van der Waals surface area contributed by atoms with Gasteiger partial charge in [0, 0.05) is 17.5 Å². The van der Waals surface area contributed by atoms with E-state index < -0.39 is 0 Å². The minimum Gasteiger partial charge on any atom is -0.351 e. The maximum Gasteiger partial charge on any atom is 0.226 e. The average molecular weight is 266 g/mol. The maximum atomic E-state index is 12.7. The van der Waals surface area contributed by atoms with Crippen LogP contribution in [0.3, 0.4) is 0 Å². The number of nitrogens with one attached hydrogen (secondary N) is 1.